The van der Waals surface area contributed by atoms with Crippen molar-refractivity contribution in [1.29, 1.82) is 0 Å². The van der Waals surface area contributed by atoms with Crippen molar-refractivity contribution in [2.45, 2.75) is 0 Å². The first kappa shape index (κ1) is 8.78. The minimum atomic E-state index is -0.358. The van der Waals surface area contributed by atoms with Crippen LogP contribution in [-0.4, -0.2) is 26.2 Å². The first-order valence-corrected chi connectivity index (χ1v) is 4.60. The number of amides is 2. The summed E-state index contributed by atoms with van der Waals surface area (Å²) in [6.07, 6.45) is 8.72. The van der Waals surface area contributed by atoms with Crippen LogP contribution in [0.2, 0.25) is 0 Å². The summed E-state index contributed by atoms with van der Waals surface area (Å²) in [5.74, 6) is -0.287. The van der Waals surface area contributed by atoms with E-state index >= 15 is 0 Å². The van der Waals surface area contributed by atoms with Gasteiger partial charge in [-0.1, -0.05) is 0 Å². The summed E-state index contributed by atoms with van der Waals surface area (Å²) in [6, 6.07) is 0. The van der Waals surface area contributed by atoms with Gasteiger partial charge in [0, 0.05) is 24.5 Å². The van der Waals surface area contributed by atoms with Gasteiger partial charge in [-0.25, -0.2) is 9.88 Å². The van der Waals surface area contributed by atoms with Gasteiger partial charge >= 0.3 is 0 Å². The summed E-state index contributed by atoms with van der Waals surface area (Å²) >= 11 is 0. The molecule has 2 amide bonds. The van der Waals surface area contributed by atoms with Crippen LogP contribution in [0.1, 0.15) is 0 Å². The van der Waals surface area contributed by atoms with E-state index in [2.05, 4.69) is 9.97 Å². The van der Waals surface area contributed by atoms with E-state index < -0.39 is 0 Å². The van der Waals surface area contributed by atoms with Crippen LogP contribution in [0.15, 0.2) is 36.9 Å². The standard InChI is InChI=1S/C10H6N4O2/c15-9-1-2-10(16)14(9)8-6-12-7-5-11-3-4-13(7)8/h1-6H. The molecule has 0 unspecified atom stereocenters. The number of carbonyl (C=O) groups excluding carboxylic acids is 2. The van der Waals surface area contributed by atoms with Crippen molar-refractivity contribution < 1.29 is 9.59 Å². The number of hydrogen-bond acceptors (Lipinski definition) is 4. The smallest absolute Gasteiger partial charge is 0.259 e. The van der Waals surface area contributed by atoms with Crippen molar-refractivity contribution in [1.82, 2.24) is 14.4 Å². The average molecular weight is 214 g/mol. The van der Waals surface area contributed by atoms with Gasteiger partial charge in [-0.2, -0.15) is 0 Å². The molecule has 0 spiro atoms. The number of anilines is 1. The Kier molecular flexibility index (Phi) is 1.64. The highest BCUT2D eigenvalue weighted by molar-refractivity contribution is 6.27. The van der Waals surface area contributed by atoms with Gasteiger partial charge < -0.3 is 0 Å². The molecule has 0 saturated heterocycles. The zero-order chi connectivity index (χ0) is 11.1. The van der Waals surface area contributed by atoms with E-state index in [1.807, 2.05) is 0 Å². The molecular formula is C10H6N4O2. The third-order valence-corrected chi connectivity index (χ3v) is 2.34. The van der Waals surface area contributed by atoms with Crippen molar-refractivity contribution >= 4 is 23.3 Å². The topological polar surface area (TPSA) is 67.6 Å². The Morgan fingerprint density at radius 3 is 2.56 bits per heavy atom. The molecule has 6 nitrogen and oxygen atoms in total. The fourth-order valence-corrected chi connectivity index (χ4v) is 1.62. The van der Waals surface area contributed by atoms with Gasteiger partial charge in [-0.15, -0.1) is 0 Å². The number of rotatable bonds is 1. The van der Waals surface area contributed by atoms with Crippen molar-refractivity contribution in [2.75, 3.05) is 4.90 Å². The minimum Gasteiger partial charge on any atom is -0.283 e. The Morgan fingerprint density at radius 2 is 1.81 bits per heavy atom. The van der Waals surface area contributed by atoms with Gasteiger partial charge in [0.05, 0.1) is 12.4 Å². The zero-order valence-electron chi connectivity index (χ0n) is 8.07. The number of aromatic nitrogens is 3. The van der Waals surface area contributed by atoms with E-state index in [0.717, 1.165) is 4.90 Å². The number of imide groups is 1. The summed E-state index contributed by atoms with van der Waals surface area (Å²) in [5, 5.41) is 0. The molecule has 2 aromatic rings. The maximum Gasteiger partial charge on any atom is 0.259 e. The fourth-order valence-electron chi connectivity index (χ4n) is 1.62. The second kappa shape index (κ2) is 2.99. The molecule has 1 aliphatic heterocycles. The van der Waals surface area contributed by atoms with Crippen LogP contribution in [0.4, 0.5) is 5.82 Å². The molecule has 16 heavy (non-hydrogen) atoms. The maximum absolute atomic E-state index is 11.5. The highest BCUT2D eigenvalue weighted by atomic mass is 16.2. The van der Waals surface area contributed by atoms with Crippen LogP contribution < -0.4 is 4.90 Å². The van der Waals surface area contributed by atoms with E-state index in [-0.39, 0.29) is 11.8 Å². The third-order valence-electron chi connectivity index (χ3n) is 2.34. The molecule has 0 bridgehead atoms. The lowest BCUT2D eigenvalue weighted by Gasteiger charge is -2.11. The SMILES string of the molecule is O=C1C=CC(=O)N1c1cnc2cnccn12. The molecule has 2 aromatic heterocycles. The predicted octanol–water partition coefficient (Wildman–Crippen LogP) is 0.159. The first-order valence-electron chi connectivity index (χ1n) is 4.60. The molecule has 3 heterocycles. The molecule has 0 atom stereocenters. The highest BCUT2D eigenvalue weighted by Crippen LogP contribution is 2.19. The van der Waals surface area contributed by atoms with Crippen molar-refractivity contribution in [3.63, 3.8) is 0 Å². The first-order chi connectivity index (χ1) is 7.77. The van der Waals surface area contributed by atoms with Crippen molar-refractivity contribution in [2.24, 2.45) is 0 Å². The van der Waals surface area contributed by atoms with Gasteiger partial charge in [0.15, 0.2) is 5.65 Å². The Bertz CT molecular complexity index is 611. The van der Waals surface area contributed by atoms with Gasteiger partial charge in [0.1, 0.15) is 5.82 Å². The number of imidazole rings is 1. The van der Waals surface area contributed by atoms with Gasteiger partial charge in [-0.05, 0) is 0 Å². The summed E-state index contributed by atoms with van der Waals surface area (Å²) < 4.78 is 1.63. The Hall–Kier alpha value is -2.50. The summed E-state index contributed by atoms with van der Waals surface area (Å²) in [6.45, 7) is 0. The molecule has 0 radical (unpaired) electrons. The van der Waals surface area contributed by atoms with E-state index in [4.69, 9.17) is 0 Å². The fraction of sp³-hybridized carbons (Fsp3) is 0. The van der Waals surface area contributed by atoms with Gasteiger partial charge in [-0.3, -0.25) is 19.0 Å². The van der Waals surface area contributed by atoms with Crippen LogP contribution in [-0.2, 0) is 9.59 Å². The van der Waals surface area contributed by atoms with E-state index in [1.165, 1.54) is 18.3 Å². The predicted molar refractivity (Wildman–Crippen MR) is 54.6 cm³/mol. The third kappa shape index (κ3) is 1.07. The van der Waals surface area contributed by atoms with Gasteiger partial charge in [0.25, 0.3) is 11.8 Å². The molecule has 3 rings (SSSR count). The Labute approximate surface area is 89.8 Å². The summed E-state index contributed by atoms with van der Waals surface area (Å²) in [4.78, 5) is 32.0. The molecule has 0 fully saturated rings. The largest absolute Gasteiger partial charge is 0.283 e. The normalized spacial score (nSPS) is 15.4. The Morgan fingerprint density at radius 1 is 1.06 bits per heavy atom. The highest BCUT2D eigenvalue weighted by Gasteiger charge is 2.27. The van der Waals surface area contributed by atoms with E-state index in [1.54, 1.807) is 23.0 Å². The number of nitrogens with zero attached hydrogens (tertiary/aromatic N) is 4. The molecule has 78 valence electrons. The summed E-state index contributed by atoms with van der Waals surface area (Å²) in [5.41, 5.74) is 0.588. The van der Waals surface area contributed by atoms with Crippen LogP contribution in [0.3, 0.4) is 0 Å². The lowest BCUT2D eigenvalue weighted by atomic mass is 10.5. The van der Waals surface area contributed by atoms with Crippen molar-refractivity contribution in [3.8, 4) is 0 Å². The zero-order valence-corrected chi connectivity index (χ0v) is 8.07. The molecule has 6 heteroatoms. The quantitative estimate of drug-likeness (QED) is 0.634. The second-order valence-electron chi connectivity index (χ2n) is 3.27. The van der Waals surface area contributed by atoms with E-state index in [0.29, 0.717) is 11.5 Å². The maximum atomic E-state index is 11.5. The van der Waals surface area contributed by atoms with Crippen molar-refractivity contribution in [3.05, 3.63) is 36.9 Å². The second-order valence-corrected chi connectivity index (χ2v) is 3.27. The number of carbonyl (C=O) groups is 2. The minimum absolute atomic E-state index is 0.358. The molecule has 1 aliphatic rings. The van der Waals surface area contributed by atoms with Crippen LogP contribution >= 0.6 is 0 Å². The molecule has 0 aromatic carbocycles. The lowest BCUT2D eigenvalue weighted by molar-refractivity contribution is -0.120. The van der Waals surface area contributed by atoms with Gasteiger partial charge in [0.2, 0.25) is 0 Å². The summed E-state index contributed by atoms with van der Waals surface area (Å²) in [7, 11) is 0. The van der Waals surface area contributed by atoms with Crippen LogP contribution in [0, 0.1) is 0 Å². The lowest BCUT2D eigenvalue weighted by Crippen LogP contribution is -2.30. The monoisotopic (exact) mass is 214 g/mol. The number of fused-ring (bicyclic) bond motifs is 1. The Balaban J connectivity index is 2.20. The molecular weight excluding hydrogens is 208 g/mol. The molecule has 0 N–H and O–H groups in total. The van der Waals surface area contributed by atoms with E-state index in [9.17, 15) is 9.59 Å². The molecule has 0 aliphatic carbocycles. The van der Waals surface area contributed by atoms with Crippen LogP contribution in [0.5, 0.6) is 0 Å². The van der Waals surface area contributed by atoms with Crippen LogP contribution in [0.25, 0.3) is 5.65 Å². The average Bonchev–Trinajstić information content (AvgIpc) is 2.83. The molecule has 0 saturated carbocycles. The number of hydrogen-bond donors (Lipinski definition) is 0.